The molecule has 0 spiro atoms. The number of para-hydroxylation sites is 1. The molecule has 168 valence electrons. The van der Waals surface area contributed by atoms with Crippen LogP contribution in [0, 0.1) is 0 Å². The fraction of sp³-hybridized carbons (Fsp3) is 0.250. The maximum atomic E-state index is 13.3. The highest BCUT2D eigenvalue weighted by molar-refractivity contribution is 6.05. The number of nitrogens with zero attached hydrogens (tertiary/aromatic N) is 4. The summed E-state index contributed by atoms with van der Waals surface area (Å²) >= 11 is 0. The van der Waals surface area contributed by atoms with Gasteiger partial charge in [0, 0.05) is 13.1 Å². The summed E-state index contributed by atoms with van der Waals surface area (Å²) in [6, 6.07) is 14.3. The standard InChI is InChI=1S/C24H23N5O4/c30-23-20-14-17(15-33-18-4-2-1-3-5-18)27-29(20)13-12-28(23)21-7-6-19(24(31)32)22(26-21)16-8-10-25-11-9-16/h1-8,14,25H,9-13,15H2,(H,31,32). The first-order chi connectivity index (χ1) is 16.1. The van der Waals surface area contributed by atoms with Crippen molar-refractivity contribution >= 4 is 23.3 Å². The molecule has 0 saturated carbocycles. The Morgan fingerprint density at radius 1 is 1.15 bits per heavy atom. The van der Waals surface area contributed by atoms with E-state index in [0.29, 0.717) is 49.0 Å². The SMILES string of the molecule is O=C(O)c1ccc(N2CCn3nc(COc4ccccc4)cc3C2=O)nc1C1=CCNCC1. The second kappa shape index (κ2) is 8.87. The number of pyridine rings is 1. The van der Waals surface area contributed by atoms with Crippen molar-refractivity contribution < 1.29 is 19.4 Å². The molecule has 0 aliphatic carbocycles. The summed E-state index contributed by atoms with van der Waals surface area (Å²) < 4.78 is 7.44. The first-order valence-electron chi connectivity index (χ1n) is 10.8. The lowest BCUT2D eigenvalue weighted by Crippen LogP contribution is -2.41. The van der Waals surface area contributed by atoms with Crippen molar-refractivity contribution in [3.63, 3.8) is 0 Å². The molecule has 2 aromatic heterocycles. The van der Waals surface area contributed by atoms with Gasteiger partial charge in [0.1, 0.15) is 29.6 Å². The van der Waals surface area contributed by atoms with E-state index in [1.807, 2.05) is 36.4 Å². The number of carbonyl (C=O) groups excluding carboxylic acids is 1. The van der Waals surface area contributed by atoms with Gasteiger partial charge in [-0.3, -0.25) is 14.4 Å². The zero-order chi connectivity index (χ0) is 22.8. The number of aromatic nitrogens is 3. The lowest BCUT2D eigenvalue weighted by atomic mass is 10.0. The molecule has 33 heavy (non-hydrogen) atoms. The van der Waals surface area contributed by atoms with Crippen LogP contribution in [0.4, 0.5) is 5.82 Å². The number of amides is 1. The van der Waals surface area contributed by atoms with Crippen molar-refractivity contribution in [1.29, 1.82) is 0 Å². The van der Waals surface area contributed by atoms with Crippen LogP contribution < -0.4 is 15.0 Å². The molecule has 9 heteroatoms. The topological polar surface area (TPSA) is 110 Å². The van der Waals surface area contributed by atoms with Gasteiger partial charge in [-0.05, 0) is 48.9 Å². The van der Waals surface area contributed by atoms with Gasteiger partial charge < -0.3 is 15.2 Å². The summed E-state index contributed by atoms with van der Waals surface area (Å²) in [5.41, 5.74) is 2.56. The first-order valence-corrected chi connectivity index (χ1v) is 10.8. The van der Waals surface area contributed by atoms with E-state index < -0.39 is 5.97 Å². The zero-order valence-corrected chi connectivity index (χ0v) is 17.9. The highest BCUT2D eigenvalue weighted by Crippen LogP contribution is 2.27. The average molecular weight is 445 g/mol. The second-order valence-electron chi connectivity index (χ2n) is 7.86. The molecule has 0 radical (unpaired) electrons. The summed E-state index contributed by atoms with van der Waals surface area (Å²) in [5, 5.41) is 17.3. The summed E-state index contributed by atoms with van der Waals surface area (Å²) in [6.07, 6.45) is 2.64. The molecule has 3 aromatic rings. The fourth-order valence-corrected chi connectivity index (χ4v) is 4.06. The van der Waals surface area contributed by atoms with Crippen molar-refractivity contribution in [2.75, 3.05) is 24.5 Å². The van der Waals surface area contributed by atoms with Gasteiger partial charge in [0.2, 0.25) is 0 Å². The number of fused-ring (bicyclic) bond motifs is 1. The van der Waals surface area contributed by atoms with Crippen LogP contribution in [0.3, 0.4) is 0 Å². The quantitative estimate of drug-likeness (QED) is 0.600. The van der Waals surface area contributed by atoms with Crippen molar-refractivity contribution in [1.82, 2.24) is 20.1 Å². The van der Waals surface area contributed by atoms with Gasteiger partial charge in [-0.15, -0.1) is 0 Å². The number of ether oxygens (including phenoxy) is 1. The van der Waals surface area contributed by atoms with E-state index >= 15 is 0 Å². The Bertz CT molecular complexity index is 1230. The Labute approximate surface area is 190 Å². The monoisotopic (exact) mass is 445 g/mol. The maximum absolute atomic E-state index is 13.3. The summed E-state index contributed by atoms with van der Waals surface area (Å²) in [4.78, 5) is 31.2. The smallest absolute Gasteiger partial charge is 0.337 e. The van der Waals surface area contributed by atoms with Crippen molar-refractivity contribution in [2.24, 2.45) is 0 Å². The molecule has 4 heterocycles. The summed E-state index contributed by atoms with van der Waals surface area (Å²) in [6.45, 7) is 2.58. The van der Waals surface area contributed by atoms with Gasteiger partial charge >= 0.3 is 5.97 Å². The van der Waals surface area contributed by atoms with Crippen LogP contribution in [0.15, 0.2) is 54.6 Å². The lowest BCUT2D eigenvalue weighted by Gasteiger charge is -2.27. The molecule has 2 N–H and O–H groups in total. The van der Waals surface area contributed by atoms with Gasteiger partial charge in [-0.2, -0.15) is 5.10 Å². The van der Waals surface area contributed by atoms with E-state index in [1.165, 1.54) is 6.07 Å². The third-order valence-electron chi connectivity index (χ3n) is 5.72. The van der Waals surface area contributed by atoms with Crippen LogP contribution in [0.5, 0.6) is 5.75 Å². The number of benzene rings is 1. The van der Waals surface area contributed by atoms with Crippen molar-refractivity contribution in [3.05, 3.63) is 77.3 Å². The first kappa shape index (κ1) is 20.9. The molecule has 2 aliphatic heterocycles. The molecule has 0 bridgehead atoms. The molecule has 5 rings (SSSR count). The predicted octanol–water partition coefficient (Wildman–Crippen LogP) is 2.59. The minimum absolute atomic E-state index is 0.141. The Morgan fingerprint density at radius 2 is 2.00 bits per heavy atom. The molecule has 9 nitrogen and oxygen atoms in total. The molecule has 2 aliphatic rings. The van der Waals surface area contributed by atoms with Crippen LogP contribution in [0.2, 0.25) is 0 Å². The van der Waals surface area contributed by atoms with Gasteiger partial charge in [0.05, 0.1) is 17.8 Å². The predicted molar refractivity (Wildman–Crippen MR) is 121 cm³/mol. The Kier molecular flexibility index (Phi) is 5.62. The van der Waals surface area contributed by atoms with E-state index in [-0.39, 0.29) is 18.1 Å². The van der Waals surface area contributed by atoms with Crippen LogP contribution in [-0.4, -0.2) is 51.4 Å². The highest BCUT2D eigenvalue weighted by Gasteiger charge is 2.29. The zero-order valence-electron chi connectivity index (χ0n) is 17.9. The van der Waals surface area contributed by atoms with E-state index in [4.69, 9.17) is 4.74 Å². The number of carboxylic acids is 1. The van der Waals surface area contributed by atoms with E-state index in [2.05, 4.69) is 15.4 Å². The van der Waals surface area contributed by atoms with E-state index in [9.17, 15) is 14.7 Å². The van der Waals surface area contributed by atoms with Crippen molar-refractivity contribution in [2.45, 2.75) is 19.6 Å². The van der Waals surface area contributed by atoms with E-state index in [1.54, 1.807) is 21.7 Å². The van der Waals surface area contributed by atoms with Crippen molar-refractivity contribution in [3.8, 4) is 5.75 Å². The minimum Gasteiger partial charge on any atom is -0.487 e. The van der Waals surface area contributed by atoms with Crippen LogP contribution in [0.1, 0.15) is 38.7 Å². The van der Waals surface area contributed by atoms with Gasteiger partial charge in [-0.1, -0.05) is 24.3 Å². The third-order valence-corrected chi connectivity index (χ3v) is 5.72. The summed E-state index contributed by atoms with van der Waals surface area (Å²) in [7, 11) is 0. The molecule has 0 unspecified atom stereocenters. The summed E-state index contributed by atoms with van der Waals surface area (Å²) in [5.74, 6) is -0.0806. The van der Waals surface area contributed by atoms with Gasteiger partial charge in [0.25, 0.3) is 5.91 Å². The van der Waals surface area contributed by atoms with Crippen LogP contribution in [-0.2, 0) is 13.2 Å². The number of carbonyl (C=O) groups is 2. The fourth-order valence-electron chi connectivity index (χ4n) is 4.06. The van der Waals surface area contributed by atoms with Gasteiger partial charge in [0.15, 0.2) is 0 Å². The average Bonchev–Trinajstić information content (AvgIpc) is 3.28. The number of hydrogen-bond donors (Lipinski definition) is 2. The van der Waals surface area contributed by atoms with Crippen LogP contribution in [0.25, 0.3) is 5.57 Å². The Balaban J connectivity index is 1.39. The number of hydrogen-bond acceptors (Lipinski definition) is 6. The largest absolute Gasteiger partial charge is 0.487 e. The highest BCUT2D eigenvalue weighted by atomic mass is 16.5. The molecular formula is C24H23N5O4. The van der Waals surface area contributed by atoms with Crippen LogP contribution >= 0.6 is 0 Å². The molecule has 0 fully saturated rings. The van der Waals surface area contributed by atoms with E-state index in [0.717, 1.165) is 17.9 Å². The number of carboxylic acid groups (broad SMARTS) is 1. The molecule has 0 saturated heterocycles. The Morgan fingerprint density at radius 3 is 2.76 bits per heavy atom. The number of anilines is 1. The third kappa shape index (κ3) is 4.22. The van der Waals surface area contributed by atoms with Gasteiger partial charge in [-0.25, -0.2) is 9.78 Å². The maximum Gasteiger partial charge on any atom is 0.337 e. The molecule has 1 amide bonds. The second-order valence-corrected chi connectivity index (χ2v) is 7.86. The Hall–Kier alpha value is -3.98. The lowest BCUT2D eigenvalue weighted by molar-refractivity contribution is 0.0696. The molecule has 0 atom stereocenters. The number of rotatable bonds is 6. The number of aromatic carboxylic acids is 1. The minimum atomic E-state index is -1.03. The molecule has 1 aromatic carbocycles. The molecular weight excluding hydrogens is 422 g/mol. The number of nitrogens with one attached hydrogen (secondary N) is 1. The normalized spacial score (nSPS) is 15.7.